The lowest BCUT2D eigenvalue weighted by Crippen LogP contribution is -2.39. The van der Waals surface area contributed by atoms with Crippen molar-refractivity contribution >= 4 is 52.4 Å². The predicted molar refractivity (Wildman–Crippen MR) is 106 cm³/mol. The molecule has 0 saturated heterocycles. The molecule has 0 aliphatic carbocycles. The van der Waals surface area contributed by atoms with Crippen LogP contribution in [0.2, 0.25) is 10.0 Å². The van der Waals surface area contributed by atoms with Gasteiger partial charge in [0.2, 0.25) is 0 Å². The molecule has 3 aromatic rings. The van der Waals surface area contributed by atoms with Gasteiger partial charge in [-0.1, -0.05) is 23.2 Å². The van der Waals surface area contributed by atoms with Crippen LogP contribution in [0.15, 0.2) is 36.9 Å². The van der Waals surface area contributed by atoms with Crippen molar-refractivity contribution in [2.75, 3.05) is 5.32 Å². The molecule has 0 aromatic carbocycles. The minimum absolute atomic E-state index is 0.00350. The zero-order valence-corrected chi connectivity index (χ0v) is 17.2. The average molecular weight is 490 g/mol. The zero-order chi connectivity index (χ0) is 23.6. The lowest BCUT2D eigenvalue weighted by Gasteiger charge is -2.14. The van der Waals surface area contributed by atoms with Crippen LogP contribution >= 0.6 is 23.2 Å². The van der Waals surface area contributed by atoms with E-state index in [0.717, 1.165) is 0 Å². The van der Waals surface area contributed by atoms with Crippen LogP contribution in [0.5, 0.6) is 0 Å². The van der Waals surface area contributed by atoms with E-state index >= 15 is 0 Å². The fraction of sp³-hybridized carbons (Fsp3) is 0.167. The molecule has 0 unspecified atom stereocenters. The van der Waals surface area contributed by atoms with Crippen molar-refractivity contribution in [2.45, 2.75) is 18.6 Å². The number of hydrogen-bond donors (Lipinski definition) is 2. The number of pyridine rings is 2. The Morgan fingerprint density at radius 1 is 1.19 bits per heavy atom. The first kappa shape index (κ1) is 23.4. The summed E-state index contributed by atoms with van der Waals surface area (Å²) in [7, 11) is 0. The summed E-state index contributed by atoms with van der Waals surface area (Å²) in [6.45, 7) is 0. The van der Waals surface area contributed by atoms with Crippen molar-refractivity contribution in [1.29, 1.82) is 0 Å². The first-order valence-electron chi connectivity index (χ1n) is 8.62. The van der Waals surface area contributed by atoms with Gasteiger partial charge in [0, 0.05) is 36.9 Å². The van der Waals surface area contributed by atoms with Gasteiger partial charge in [0.05, 0.1) is 21.3 Å². The molecule has 9 nitrogen and oxygen atoms in total. The molecule has 3 heterocycles. The fourth-order valence-corrected chi connectivity index (χ4v) is 3.22. The molecule has 14 heteroatoms. The van der Waals surface area contributed by atoms with Crippen LogP contribution in [0.3, 0.4) is 0 Å². The zero-order valence-electron chi connectivity index (χ0n) is 15.7. The summed E-state index contributed by atoms with van der Waals surface area (Å²) in [5.41, 5.74) is 6.43. The maximum Gasteiger partial charge on any atom is 0.491 e. The minimum atomic E-state index is -5.33. The Balaban J connectivity index is 1.81. The van der Waals surface area contributed by atoms with Crippen molar-refractivity contribution < 1.29 is 32.3 Å². The first-order chi connectivity index (χ1) is 15.0. The molecular formula is C18H12Cl2F3N5O4. The Hall–Kier alpha value is -3.22. The highest BCUT2D eigenvalue weighted by atomic mass is 35.5. The number of nitrogens with one attached hydrogen (secondary N) is 1. The van der Waals surface area contributed by atoms with Crippen LogP contribution in [0.4, 0.5) is 18.9 Å². The number of esters is 2. The number of imidazole rings is 1. The second-order valence-corrected chi connectivity index (χ2v) is 7.12. The highest BCUT2D eigenvalue weighted by molar-refractivity contribution is 6.40. The summed E-state index contributed by atoms with van der Waals surface area (Å²) in [4.78, 5) is 43.0. The van der Waals surface area contributed by atoms with Gasteiger partial charge in [-0.3, -0.25) is 9.78 Å². The number of alkyl halides is 3. The Kier molecular flexibility index (Phi) is 6.67. The molecule has 168 valence electrons. The predicted octanol–water partition coefficient (Wildman–Crippen LogP) is 2.79. The monoisotopic (exact) mass is 489 g/mol. The second kappa shape index (κ2) is 9.10. The van der Waals surface area contributed by atoms with Gasteiger partial charge in [-0.25, -0.2) is 14.6 Å². The van der Waals surface area contributed by atoms with Crippen LogP contribution < -0.4 is 11.1 Å². The minimum Gasteiger partial charge on any atom is -0.385 e. The molecule has 1 atom stereocenters. The van der Waals surface area contributed by atoms with Gasteiger partial charge < -0.3 is 20.2 Å². The van der Waals surface area contributed by atoms with Crippen LogP contribution in [0, 0.1) is 0 Å². The first-order valence-corrected chi connectivity index (χ1v) is 9.38. The van der Waals surface area contributed by atoms with Gasteiger partial charge in [-0.2, -0.15) is 13.2 Å². The van der Waals surface area contributed by atoms with Crippen molar-refractivity contribution in [2.24, 2.45) is 5.73 Å². The number of anilines is 1. The smallest absolute Gasteiger partial charge is 0.385 e. The highest BCUT2D eigenvalue weighted by Gasteiger charge is 2.43. The summed E-state index contributed by atoms with van der Waals surface area (Å²) in [6.07, 6.45) is -0.245. The molecule has 3 N–H and O–H groups in total. The molecule has 0 radical (unpaired) electrons. The maximum absolute atomic E-state index is 12.6. The lowest BCUT2D eigenvalue weighted by atomic mass is 10.1. The normalized spacial score (nSPS) is 12.4. The van der Waals surface area contributed by atoms with Crippen molar-refractivity contribution in [3.05, 3.63) is 58.2 Å². The van der Waals surface area contributed by atoms with Crippen LogP contribution in [-0.4, -0.2) is 44.4 Å². The lowest BCUT2D eigenvalue weighted by molar-refractivity contribution is -0.202. The van der Waals surface area contributed by atoms with E-state index in [1.165, 1.54) is 41.3 Å². The van der Waals surface area contributed by atoms with Gasteiger partial charge in [0.15, 0.2) is 5.65 Å². The van der Waals surface area contributed by atoms with Crippen LogP contribution in [0.1, 0.15) is 16.1 Å². The molecule has 0 spiro atoms. The molecule has 0 fully saturated rings. The Bertz CT molecular complexity index is 1190. The number of carbonyl (C=O) groups is 3. The third-order valence-corrected chi connectivity index (χ3v) is 4.69. The van der Waals surface area contributed by atoms with E-state index in [1.54, 1.807) is 0 Å². The van der Waals surface area contributed by atoms with Crippen molar-refractivity contribution in [3.8, 4) is 0 Å². The molecule has 3 rings (SSSR count). The molecule has 0 aliphatic rings. The fourth-order valence-electron chi connectivity index (χ4n) is 2.68. The topological polar surface area (TPSA) is 129 Å². The van der Waals surface area contributed by atoms with E-state index in [9.17, 15) is 27.6 Å². The van der Waals surface area contributed by atoms with E-state index in [-0.39, 0.29) is 33.4 Å². The standard InChI is InChI=1S/C18H12Cl2F3N5O4/c19-9-6-25-7-10(20)13(9)15(29)27-12-2-1-8(28-4-3-26-14(12)28)5-11(24)16(30)32-17(31)18(21,22)23/h1-4,6-7,11H,5,24H2,(H,27,29)/t11-/m0/s1. The molecular weight excluding hydrogens is 478 g/mol. The number of rotatable bonds is 5. The summed E-state index contributed by atoms with van der Waals surface area (Å²) < 4.78 is 42.0. The maximum atomic E-state index is 12.6. The Morgan fingerprint density at radius 3 is 2.47 bits per heavy atom. The van der Waals surface area contributed by atoms with Gasteiger partial charge in [0.25, 0.3) is 5.91 Å². The highest BCUT2D eigenvalue weighted by Crippen LogP contribution is 2.26. The van der Waals surface area contributed by atoms with E-state index in [1.807, 2.05) is 0 Å². The summed E-state index contributed by atoms with van der Waals surface area (Å²) >= 11 is 12.0. The Labute approximate surface area is 187 Å². The average Bonchev–Trinajstić information content (AvgIpc) is 3.19. The number of halogens is 5. The van der Waals surface area contributed by atoms with E-state index in [0.29, 0.717) is 5.69 Å². The van der Waals surface area contributed by atoms with E-state index < -0.39 is 30.1 Å². The third-order valence-electron chi connectivity index (χ3n) is 4.12. The third kappa shape index (κ3) is 4.98. The molecule has 3 aromatic heterocycles. The number of aromatic nitrogens is 3. The molecule has 32 heavy (non-hydrogen) atoms. The molecule has 0 bridgehead atoms. The number of carbonyl (C=O) groups excluding carboxylic acids is 3. The SMILES string of the molecule is N[C@@H](Cc1ccc(NC(=O)c2c(Cl)cncc2Cl)c2nccn12)C(=O)OC(=O)C(F)(F)F. The molecule has 0 aliphatic heterocycles. The number of nitrogens with zero attached hydrogens (tertiary/aromatic N) is 3. The number of nitrogens with two attached hydrogens (primary N) is 1. The van der Waals surface area contributed by atoms with Crippen LogP contribution in [0.25, 0.3) is 5.65 Å². The van der Waals surface area contributed by atoms with Gasteiger partial charge in [-0.15, -0.1) is 0 Å². The summed E-state index contributed by atoms with van der Waals surface area (Å²) in [6, 6.07) is 1.33. The van der Waals surface area contributed by atoms with Gasteiger partial charge in [-0.05, 0) is 12.1 Å². The Morgan fingerprint density at radius 2 is 1.84 bits per heavy atom. The second-order valence-electron chi connectivity index (χ2n) is 6.31. The quantitative estimate of drug-likeness (QED) is 0.416. The molecule has 1 amide bonds. The van der Waals surface area contributed by atoms with Crippen molar-refractivity contribution in [1.82, 2.24) is 14.4 Å². The van der Waals surface area contributed by atoms with E-state index in [4.69, 9.17) is 28.9 Å². The summed E-state index contributed by atoms with van der Waals surface area (Å²) in [5, 5.41) is 2.67. The van der Waals surface area contributed by atoms with Crippen LogP contribution in [-0.2, 0) is 20.7 Å². The largest absolute Gasteiger partial charge is 0.491 e. The van der Waals surface area contributed by atoms with Crippen molar-refractivity contribution in [3.63, 3.8) is 0 Å². The number of amides is 1. The number of ether oxygens (including phenoxy) is 1. The van der Waals surface area contributed by atoms with E-state index in [2.05, 4.69) is 20.0 Å². The number of hydrogen-bond acceptors (Lipinski definition) is 7. The number of fused-ring (bicyclic) bond motifs is 1. The molecule has 0 saturated carbocycles. The van der Waals surface area contributed by atoms with Gasteiger partial charge >= 0.3 is 18.1 Å². The van der Waals surface area contributed by atoms with Gasteiger partial charge in [0.1, 0.15) is 6.04 Å². The summed E-state index contributed by atoms with van der Waals surface area (Å²) in [5.74, 6) is -4.83.